The lowest BCUT2D eigenvalue weighted by atomic mass is 10.2. The molecule has 1 N–H and O–H groups in total. The van der Waals surface area contributed by atoms with E-state index in [1.54, 1.807) is 6.07 Å². The van der Waals surface area contributed by atoms with Gasteiger partial charge in [-0.15, -0.1) is 0 Å². The fourth-order valence-electron chi connectivity index (χ4n) is 1.81. The van der Waals surface area contributed by atoms with Crippen molar-refractivity contribution < 1.29 is 22.6 Å². The summed E-state index contributed by atoms with van der Waals surface area (Å²) >= 11 is 0. The van der Waals surface area contributed by atoms with Crippen LogP contribution in [-0.2, 0) is 6.54 Å². The van der Waals surface area contributed by atoms with Crippen molar-refractivity contribution >= 4 is 0 Å². The molecule has 0 saturated heterocycles. The molecule has 0 bridgehead atoms. The summed E-state index contributed by atoms with van der Waals surface area (Å²) in [6.07, 6.45) is -3.99. The molecule has 3 nitrogen and oxygen atoms in total. The van der Waals surface area contributed by atoms with E-state index in [-0.39, 0.29) is 13.0 Å². The average Bonchev–Trinajstić information content (AvgIpc) is 2.43. The molecule has 0 aliphatic rings. The van der Waals surface area contributed by atoms with Crippen molar-refractivity contribution in [2.75, 3.05) is 20.3 Å². The van der Waals surface area contributed by atoms with Crippen LogP contribution in [0.4, 0.5) is 13.2 Å². The van der Waals surface area contributed by atoms with E-state index in [0.29, 0.717) is 11.5 Å². The van der Waals surface area contributed by atoms with Crippen molar-refractivity contribution in [2.45, 2.75) is 38.9 Å². The molecule has 0 atom stereocenters. The largest absolute Gasteiger partial charge is 0.493 e. The van der Waals surface area contributed by atoms with Crippen LogP contribution in [0.5, 0.6) is 11.5 Å². The first-order valence-electron chi connectivity index (χ1n) is 7.03. The minimum atomic E-state index is -4.14. The molecule has 0 heterocycles. The van der Waals surface area contributed by atoms with Gasteiger partial charge in [0.15, 0.2) is 11.5 Å². The monoisotopic (exact) mass is 305 g/mol. The summed E-state index contributed by atoms with van der Waals surface area (Å²) in [4.78, 5) is 0. The summed E-state index contributed by atoms with van der Waals surface area (Å²) in [5, 5.41) is 3.27. The summed E-state index contributed by atoms with van der Waals surface area (Å²) in [5.74, 6) is 1.01. The van der Waals surface area contributed by atoms with E-state index >= 15 is 0 Å². The van der Waals surface area contributed by atoms with Crippen molar-refractivity contribution in [3.8, 4) is 11.5 Å². The molecule has 0 fully saturated rings. The normalized spacial score (nSPS) is 11.5. The molecule has 1 aromatic carbocycles. The zero-order valence-corrected chi connectivity index (χ0v) is 12.4. The van der Waals surface area contributed by atoms with Gasteiger partial charge >= 0.3 is 6.18 Å². The predicted molar refractivity (Wildman–Crippen MR) is 75.8 cm³/mol. The first kappa shape index (κ1) is 17.6. The summed E-state index contributed by atoms with van der Waals surface area (Å²) in [6.45, 7) is 3.76. The number of benzene rings is 1. The molecule has 0 saturated carbocycles. The number of hydrogen-bond acceptors (Lipinski definition) is 3. The highest BCUT2D eigenvalue weighted by molar-refractivity contribution is 5.42. The number of alkyl halides is 3. The van der Waals surface area contributed by atoms with E-state index in [9.17, 15) is 13.2 Å². The van der Waals surface area contributed by atoms with Crippen molar-refractivity contribution in [3.05, 3.63) is 23.8 Å². The van der Waals surface area contributed by atoms with E-state index in [1.807, 2.05) is 12.1 Å². The fourth-order valence-corrected chi connectivity index (χ4v) is 1.81. The molecule has 21 heavy (non-hydrogen) atoms. The minimum absolute atomic E-state index is 0.0172. The van der Waals surface area contributed by atoms with Gasteiger partial charge in [-0.25, -0.2) is 0 Å². The van der Waals surface area contributed by atoms with Crippen molar-refractivity contribution in [3.63, 3.8) is 0 Å². The highest BCUT2D eigenvalue weighted by Crippen LogP contribution is 2.29. The van der Waals surface area contributed by atoms with Crippen LogP contribution in [0, 0.1) is 0 Å². The summed E-state index contributed by atoms with van der Waals surface area (Å²) in [5.41, 5.74) is 1.04. The first-order chi connectivity index (χ1) is 9.96. The molecular formula is C15H22F3NO2. The van der Waals surface area contributed by atoms with Gasteiger partial charge in [-0.2, -0.15) is 13.2 Å². The Hall–Kier alpha value is -1.43. The van der Waals surface area contributed by atoms with Crippen LogP contribution in [0.3, 0.4) is 0 Å². The van der Waals surface area contributed by atoms with E-state index in [4.69, 9.17) is 9.47 Å². The van der Waals surface area contributed by atoms with Gasteiger partial charge in [0, 0.05) is 13.0 Å². The van der Waals surface area contributed by atoms with Crippen molar-refractivity contribution in [1.29, 1.82) is 0 Å². The Morgan fingerprint density at radius 3 is 2.57 bits per heavy atom. The third-order valence-corrected chi connectivity index (χ3v) is 2.85. The fraction of sp³-hybridized carbons (Fsp3) is 0.600. The van der Waals surface area contributed by atoms with Crippen LogP contribution in [-0.4, -0.2) is 26.4 Å². The molecule has 6 heteroatoms. The number of halogens is 3. The lowest BCUT2D eigenvalue weighted by Crippen LogP contribution is -2.14. The summed E-state index contributed by atoms with van der Waals surface area (Å²) < 4.78 is 46.7. The second-order valence-corrected chi connectivity index (χ2v) is 4.73. The lowest BCUT2D eigenvalue weighted by molar-refractivity contribution is -0.136. The molecular weight excluding hydrogens is 283 g/mol. The van der Waals surface area contributed by atoms with Gasteiger partial charge in [-0.3, -0.25) is 0 Å². The number of hydrogen-bond donors (Lipinski definition) is 1. The Labute approximate surface area is 123 Å². The third kappa shape index (κ3) is 7.22. The smallest absolute Gasteiger partial charge is 0.389 e. The van der Waals surface area contributed by atoms with E-state index in [1.165, 1.54) is 7.11 Å². The molecule has 1 rings (SSSR count). The van der Waals surface area contributed by atoms with Crippen LogP contribution in [0.25, 0.3) is 0 Å². The van der Waals surface area contributed by atoms with Crippen molar-refractivity contribution in [2.24, 2.45) is 0 Å². The molecule has 120 valence electrons. The molecule has 0 aromatic heterocycles. The van der Waals surface area contributed by atoms with Gasteiger partial charge in [-0.05, 0) is 37.1 Å². The third-order valence-electron chi connectivity index (χ3n) is 2.85. The van der Waals surface area contributed by atoms with Gasteiger partial charge in [0.1, 0.15) is 0 Å². The highest BCUT2D eigenvalue weighted by Gasteiger charge is 2.26. The quantitative estimate of drug-likeness (QED) is 0.702. The van der Waals surface area contributed by atoms with Crippen LogP contribution >= 0.6 is 0 Å². The molecule has 0 unspecified atom stereocenters. The molecule has 0 radical (unpaired) electrons. The maximum absolute atomic E-state index is 12.0. The molecule has 0 aliphatic carbocycles. The minimum Gasteiger partial charge on any atom is -0.493 e. The lowest BCUT2D eigenvalue weighted by Gasteiger charge is -2.13. The molecule has 0 aliphatic heterocycles. The van der Waals surface area contributed by atoms with Gasteiger partial charge in [0.2, 0.25) is 0 Å². The Kier molecular flexibility index (Phi) is 7.36. The van der Waals surface area contributed by atoms with Crippen LogP contribution in [0.1, 0.15) is 31.7 Å². The number of ether oxygens (including phenoxy) is 2. The first-order valence-corrected chi connectivity index (χ1v) is 7.03. The standard InChI is InChI=1S/C15H22F3NO2/c1-3-8-19-11-12-5-6-13(14(10-12)20-2)21-9-4-7-15(16,17)18/h5-6,10,19H,3-4,7-9,11H2,1-2H3. The van der Waals surface area contributed by atoms with Crippen LogP contribution in [0.2, 0.25) is 0 Å². The predicted octanol–water partition coefficient (Wildman–Crippen LogP) is 3.92. The number of rotatable bonds is 9. The zero-order chi connectivity index (χ0) is 15.7. The Morgan fingerprint density at radius 2 is 1.95 bits per heavy atom. The van der Waals surface area contributed by atoms with Crippen LogP contribution in [0.15, 0.2) is 18.2 Å². The average molecular weight is 305 g/mol. The Morgan fingerprint density at radius 1 is 1.19 bits per heavy atom. The number of methoxy groups -OCH3 is 1. The van der Waals surface area contributed by atoms with Crippen molar-refractivity contribution in [1.82, 2.24) is 5.32 Å². The SMILES string of the molecule is CCCNCc1ccc(OCCCC(F)(F)F)c(OC)c1. The van der Waals surface area contributed by atoms with Gasteiger partial charge in [-0.1, -0.05) is 13.0 Å². The van der Waals surface area contributed by atoms with E-state index < -0.39 is 12.6 Å². The Bertz CT molecular complexity index is 422. The van der Waals surface area contributed by atoms with Gasteiger partial charge < -0.3 is 14.8 Å². The Balaban J connectivity index is 2.50. The zero-order valence-electron chi connectivity index (χ0n) is 12.4. The topological polar surface area (TPSA) is 30.5 Å². The van der Waals surface area contributed by atoms with Gasteiger partial charge in [0.05, 0.1) is 13.7 Å². The highest BCUT2D eigenvalue weighted by atomic mass is 19.4. The summed E-state index contributed by atoms with van der Waals surface area (Å²) in [6, 6.07) is 5.45. The maximum Gasteiger partial charge on any atom is 0.389 e. The molecule has 0 spiro atoms. The summed E-state index contributed by atoms with van der Waals surface area (Å²) in [7, 11) is 1.52. The second kappa shape index (κ2) is 8.77. The number of nitrogens with one attached hydrogen (secondary N) is 1. The molecule has 1 aromatic rings. The van der Waals surface area contributed by atoms with Crippen LogP contribution < -0.4 is 14.8 Å². The van der Waals surface area contributed by atoms with Gasteiger partial charge in [0.25, 0.3) is 0 Å². The second-order valence-electron chi connectivity index (χ2n) is 4.73. The van der Waals surface area contributed by atoms with E-state index in [0.717, 1.165) is 25.1 Å². The van der Waals surface area contributed by atoms with E-state index in [2.05, 4.69) is 12.2 Å². The maximum atomic E-state index is 12.0. The molecule has 0 amide bonds.